The van der Waals surface area contributed by atoms with Gasteiger partial charge < -0.3 is 15.2 Å². The molecule has 2 heterocycles. The first-order valence-corrected chi connectivity index (χ1v) is 11.9. The molecule has 0 radical (unpaired) electrons. The monoisotopic (exact) mass is 465 g/mol. The van der Waals surface area contributed by atoms with Crippen LogP contribution in [-0.4, -0.2) is 16.4 Å². The molecule has 176 valence electrons. The van der Waals surface area contributed by atoms with Crippen LogP contribution < -0.4 is 21.1 Å². The highest BCUT2D eigenvalue weighted by Crippen LogP contribution is 2.39. The molecule has 3 aromatic carbocycles. The first kappa shape index (κ1) is 21.4. The molecule has 1 fully saturated rings. The van der Waals surface area contributed by atoms with Crippen LogP contribution >= 0.6 is 0 Å². The number of carbonyl (C=O) groups excluding carboxylic acids is 2. The van der Waals surface area contributed by atoms with E-state index in [1.54, 1.807) is 0 Å². The summed E-state index contributed by atoms with van der Waals surface area (Å²) in [5.41, 5.74) is 9.91. The van der Waals surface area contributed by atoms with E-state index in [1.807, 2.05) is 89.6 Å². The Balaban J connectivity index is 1.19. The van der Waals surface area contributed by atoms with Gasteiger partial charge in [-0.2, -0.15) is 0 Å². The molecule has 1 aliphatic carbocycles. The van der Waals surface area contributed by atoms with Gasteiger partial charge in [-0.25, -0.2) is 5.43 Å². The quantitative estimate of drug-likeness (QED) is 0.364. The van der Waals surface area contributed by atoms with Crippen LogP contribution in [0.2, 0.25) is 0 Å². The number of aryl methyl sites for hydroxylation is 1. The van der Waals surface area contributed by atoms with E-state index < -0.39 is 0 Å². The molecular weight excluding hydrogens is 438 g/mol. The van der Waals surface area contributed by atoms with Crippen LogP contribution in [0.1, 0.15) is 41.7 Å². The Bertz CT molecular complexity index is 1450. The standard InChI is InChI=1S/C28H27N5O2/c1-17-24-16-22(30-28(35)20-5-11-25-19(15-20)13-14-32(25)2)8-12-26(24)33(31-17)23-9-6-21(7-10-23)29-27(34)18-3-4-18/h5-18,31H,3-4H2,1-2H3,(H,29,34)(H,30,35). The van der Waals surface area contributed by atoms with Crippen molar-refractivity contribution < 1.29 is 9.59 Å². The molecule has 35 heavy (non-hydrogen) atoms. The van der Waals surface area contributed by atoms with Crippen LogP contribution in [-0.2, 0) is 11.8 Å². The number of benzene rings is 3. The summed E-state index contributed by atoms with van der Waals surface area (Å²) in [6, 6.07) is 21.6. The summed E-state index contributed by atoms with van der Waals surface area (Å²) >= 11 is 0. The zero-order valence-electron chi connectivity index (χ0n) is 19.7. The average molecular weight is 466 g/mol. The molecule has 2 amide bonds. The number of aromatic nitrogens is 1. The van der Waals surface area contributed by atoms with Crippen molar-refractivity contribution >= 4 is 45.5 Å². The van der Waals surface area contributed by atoms with Crippen LogP contribution in [0, 0.1) is 5.92 Å². The number of fused-ring (bicyclic) bond motifs is 2. The molecule has 0 saturated heterocycles. The van der Waals surface area contributed by atoms with Gasteiger partial charge in [-0.15, -0.1) is 0 Å². The first-order valence-electron chi connectivity index (χ1n) is 11.9. The minimum atomic E-state index is -0.130. The number of carbonyl (C=O) groups is 2. The smallest absolute Gasteiger partial charge is 0.255 e. The Morgan fingerprint density at radius 2 is 1.69 bits per heavy atom. The summed E-state index contributed by atoms with van der Waals surface area (Å²) in [7, 11) is 1.99. The fraction of sp³-hybridized carbons (Fsp3) is 0.214. The highest BCUT2D eigenvalue weighted by Gasteiger charge is 2.30. The summed E-state index contributed by atoms with van der Waals surface area (Å²) in [5.74, 6) is 0.155. The van der Waals surface area contributed by atoms with Crippen LogP contribution in [0.5, 0.6) is 0 Å². The first-order chi connectivity index (χ1) is 17.0. The number of hydrogen-bond acceptors (Lipinski definition) is 4. The SMILES string of the molecule is CC1NN(c2ccc(NC(=O)C3CC3)cc2)c2ccc(NC(=O)c3ccc4c(ccn4C)c3)cc21. The lowest BCUT2D eigenvalue weighted by Gasteiger charge is -2.20. The third-order valence-corrected chi connectivity index (χ3v) is 6.80. The Morgan fingerprint density at radius 3 is 2.46 bits per heavy atom. The lowest BCUT2D eigenvalue weighted by molar-refractivity contribution is -0.117. The van der Waals surface area contributed by atoms with E-state index in [9.17, 15) is 9.59 Å². The highest BCUT2D eigenvalue weighted by atomic mass is 16.2. The average Bonchev–Trinajstić information content (AvgIpc) is 3.59. The van der Waals surface area contributed by atoms with Gasteiger partial charge in [0.1, 0.15) is 0 Å². The molecule has 6 rings (SSSR count). The molecule has 1 unspecified atom stereocenters. The zero-order chi connectivity index (χ0) is 24.1. The largest absolute Gasteiger partial charge is 0.351 e. The van der Waals surface area contributed by atoms with Crippen LogP contribution in [0.25, 0.3) is 10.9 Å². The molecule has 1 aromatic heterocycles. The van der Waals surface area contributed by atoms with Crippen molar-refractivity contribution in [2.24, 2.45) is 13.0 Å². The van der Waals surface area contributed by atoms with Gasteiger partial charge in [0.2, 0.25) is 5.91 Å². The number of nitrogens with one attached hydrogen (secondary N) is 3. The lowest BCUT2D eigenvalue weighted by atomic mass is 10.1. The minimum Gasteiger partial charge on any atom is -0.351 e. The number of rotatable bonds is 5. The summed E-state index contributed by atoms with van der Waals surface area (Å²) in [5, 5.41) is 9.11. The van der Waals surface area contributed by atoms with E-state index in [1.165, 1.54) is 0 Å². The molecule has 4 aromatic rings. The predicted octanol–water partition coefficient (Wildman–Crippen LogP) is 5.50. The normalized spacial score (nSPS) is 16.9. The molecule has 3 N–H and O–H groups in total. The fourth-order valence-corrected chi connectivity index (χ4v) is 4.64. The maximum Gasteiger partial charge on any atom is 0.255 e. The van der Waals surface area contributed by atoms with Crippen LogP contribution in [0.4, 0.5) is 22.7 Å². The topological polar surface area (TPSA) is 78.4 Å². The van der Waals surface area contributed by atoms with Gasteiger partial charge in [-0.05, 0) is 92.1 Å². The third kappa shape index (κ3) is 4.04. The van der Waals surface area contributed by atoms with Crippen LogP contribution in [0.15, 0.2) is 72.9 Å². The lowest BCUT2D eigenvalue weighted by Crippen LogP contribution is -2.28. The van der Waals surface area contributed by atoms with Crippen molar-refractivity contribution in [2.45, 2.75) is 25.8 Å². The summed E-state index contributed by atoms with van der Waals surface area (Å²) < 4.78 is 2.04. The van der Waals surface area contributed by atoms with Gasteiger partial charge in [0.15, 0.2) is 0 Å². The molecule has 1 saturated carbocycles. The van der Waals surface area contributed by atoms with Crippen molar-refractivity contribution in [2.75, 3.05) is 15.6 Å². The maximum atomic E-state index is 12.9. The van der Waals surface area contributed by atoms with Gasteiger partial charge in [0.25, 0.3) is 5.91 Å². The molecule has 1 aliphatic heterocycles. The maximum absolute atomic E-state index is 12.9. The zero-order valence-corrected chi connectivity index (χ0v) is 19.7. The Kier molecular flexibility index (Phi) is 5.07. The Labute approximate surface area is 203 Å². The fourth-order valence-electron chi connectivity index (χ4n) is 4.64. The number of anilines is 4. The number of nitrogens with zero attached hydrogens (tertiary/aromatic N) is 2. The molecule has 2 aliphatic rings. The van der Waals surface area contributed by atoms with Gasteiger partial charge >= 0.3 is 0 Å². The summed E-state index contributed by atoms with van der Waals surface area (Å²) in [6.45, 7) is 2.10. The van der Waals surface area contributed by atoms with E-state index in [2.05, 4.69) is 23.0 Å². The van der Waals surface area contributed by atoms with E-state index in [-0.39, 0.29) is 23.8 Å². The van der Waals surface area contributed by atoms with Gasteiger partial charge in [-0.3, -0.25) is 14.6 Å². The van der Waals surface area contributed by atoms with E-state index in [4.69, 9.17) is 0 Å². The number of amides is 2. The molecule has 7 nitrogen and oxygen atoms in total. The van der Waals surface area contributed by atoms with Gasteiger partial charge in [-0.1, -0.05) is 0 Å². The summed E-state index contributed by atoms with van der Waals surface area (Å²) in [4.78, 5) is 24.9. The van der Waals surface area contributed by atoms with Crippen molar-refractivity contribution in [1.82, 2.24) is 9.99 Å². The van der Waals surface area contributed by atoms with Crippen molar-refractivity contribution in [3.05, 3.63) is 84.1 Å². The minimum absolute atomic E-state index is 0.0803. The number of hydrogen-bond donors (Lipinski definition) is 3. The second-order valence-corrected chi connectivity index (χ2v) is 9.42. The molecule has 0 spiro atoms. The number of hydrazine groups is 1. The van der Waals surface area contributed by atoms with Crippen LogP contribution in [0.3, 0.4) is 0 Å². The molecule has 7 heteroatoms. The molecule has 0 bridgehead atoms. The van der Waals surface area contributed by atoms with E-state index in [0.29, 0.717) is 5.56 Å². The van der Waals surface area contributed by atoms with Crippen molar-refractivity contribution in [3.8, 4) is 0 Å². The second-order valence-electron chi connectivity index (χ2n) is 9.42. The molecular formula is C28H27N5O2. The van der Waals surface area contributed by atoms with Crippen molar-refractivity contribution in [1.29, 1.82) is 0 Å². The second kappa shape index (κ2) is 8.29. The van der Waals surface area contributed by atoms with E-state index in [0.717, 1.165) is 52.1 Å². The van der Waals surface area contributed by atoms with Gasteiger partial charge in [0.05, 0.1) is 17.4 Å². The third-order valence-electron chi connectivity index (χ3n) is 6.80. The van der Waals surface area contributed by atoms with Gasteiger partial charge in [0, 0.05) is 47.0 Å². The van der Waals surface area contributed by atoms with Crippen molar-refractivity contribution in [3.63, 3.8) is 0 Å². The summed E-state index contributed by atoms with van der Waals surface area (Å²) in [6.07, 6.45) is 3.97. The molecule has 1 atom stereocenters. The van der Waals surface area contributed by atoms with E-state index >= 15 is 0 Å². The predicted molar refractivity (Wildman–Crippen MR) is 139 cm³/mol. The highest BCUT2D eigenvalue weighted by molar-refractivity contribution is 6.06. The Morgan fingerprint density at radius 1 is 0.914 bits per heavy atom. The Hall–Kier alpha value is -4.10.